The fourth-order valence-corrected chi connectivity index (χ4v) is 9.16. The summed E-state index contributed by atoms with van der Waals surface area (Å²) >= 11 is 0. The molecule has 0 radical (unpaired) electrons. The molecule has 5 saturated carbocycles. The topological polar surface area (TPSA) is 55.1 Å². The van der Waals surface area contributed by atoms with Crippen LogP contribution in [0.2, 0.25) is 0 Å². The predicted octanol–water partition coefficient (Wildman–Crippen LogP) is 4.81. The molecule has 1 heterocycles. The van der Waals surface area contributed by atoms with E-state index in [1.807, 2.05) is 12.3 Å². The van der Waals surface area contributed by atoms with E-state index in [0.29, 0.717) is 36.5 Å². The lowest BCUT2D eigenvalue weighted by atomic mass is 9.48. The molecule has 0 amide bonds. The van der Waals surface area contributed by atoms with Crippen molar-refractivity contribution >= 4 is 5.78 Å². The Kier molecular flexibility index (Phi) is 4.69. The van der Waals surface area contributed by atoms with Crippen molar-refractivity contribution in [2.24, 2.45) is 46.8 Å². The molecule has 0 spiro atoms. The van der Waals surface area contributed by atoms with Crippen molar-refractivity contribution in [3.63, 3.8) is 0 Å². The lowest BCUT2D eigenvalue weighted by Gasteiger charge is -2.57. The molecule has 5 aliphatic carbocycles. The highest BCUT2D eigenvalue weighted by Gasteiger charge is 2.61. The van der Waals surface area contributed by atoms with Gasteiger partial charge in [0.25, 0.3) is 0 Å². The van der Waals surface area contributed by atoms with Crippen molar-refractivity contribution < 1.29 is 14.3 Å². The average Bonchev–Trinajstić information content (AvgIpc) is 3.12. The molecule has 31 heavy (non-hydrogen) atoms. The van der Waals surface area contributed by atoms with E-state index in [0.717, 1.165) is 43.9 Å². The van der Waals surface area contributed by atoms with Crippen LogP contribution in [-0.4, -0.2) is 32.4 Å². The predicted molar refractivity (Wildman–Crippen MR) is 116 cm³/mol. The zero-order chi connectivity index (χ0) is 21.4. The average molecular weight is 429 g/mol. The summed E-state index contributed by atoms with van der Waals surface area (Å²) in [5.74, 6) is 3.90. The first-order valence-corrected chi connectivity index (χ1v) is 12.8. The molecule has 10 unspecified atom stereocenters. The number of fused-ring (bicyclic) bond motifs is 5. The molecule has 1 aromatic heterocycles. The zero-order valence-electron chi connectivity index (χ0n) is 18.8. The van der Waals surface area contributed by atoms with Crippen molar-refractivity contribution in [1.29, 1.82) is 0 Å². The Bertz CT molecular complexity index is 842. The van der Waals surface area contributed by atoms with E-state index >= 15 is 0 Å². The molecule has 0 aromatic carbocycles. The van der Waals surface area contributed by atoms with Gasteiger partial charge in [0.1, 0.15) is 6.17 Å². The Morgan fingerprint density at radius 1 is 1.10 bits per heavy atom. The minimum absolute atomic E-state index is 0.0859. The summed E-state index contributed by atoms with van der Waals surface area (Å²) in [6.45, 7) is 2.82. The standard InChI is InChI=1S/C26H37FN2O2/c1-25-9-7-18-17-8-10-26(31,22-13-23(22)27)14-16(17)3-4-19(18)20(25)5-6-21(25)24(30)15-29-12-2-11-28-29/h2,11-12,16-23,31H,3-10,13-15H2,1H3. The lowest BCUT2D eigenvalue weighted by Crippen LogP contribution is -2.52. The van der Waals surface area contributed by atoms with Crippen molar-refractivity contribution in [3.8, 4) is 0 Å². The molecule has 1 N–H and O–H groups in total. The molecule has 0 aliphatic heterocycles. The van der Waals surface area contributed by atoms with Gasteiger partial charge in [0, 0.05) is 24.2 Å². The Hall–Kier alpha value is -1.23. The summed E-state index contributed by atoms with van der Waals surface area (Å²) in [6, 6.07) is 1.89. The second kappa shape index (κ2) is 7.13. The Morgan fingerprint density at radius 2 is 1.90 bits per heavy atom. The molecule has 1 aromatic rings. The molecule has 5 heteroatoms. The summed E-state index contributed by atoms with van der Waals surface area (Å²) < 4.78 is 15.5. The summed E-state index contributed by atoms with van der Waals surface area (Å²) in [5, 5.41) is 15.4. The van der Waals surface area contributed by atoms with Gasteiger partial charge in [0.2, 0.25) is 0 Å². The van der Waals surface area contributed by atoms with Gasteiger partial charge < -0.3 is 5.11 Å². The largest absolute Gasteiger partial charge is 0.389 e. The minimum atomic E-state index is -0.761. The van der Waals surface area contributed by atoms with Crippen LogP contribution in [0.1, 0.15) is 71.1 Å². The van der Waals surface area contributed by atoms with E-state index < -0.39 is 11.8 Å². The molecule has 170 valence electrons. The maximum Gasteiger partial charge on any atom is 0.157 e. The van der Waals surface area contributed by atoms with Crippen LogP contribution < -0.4 is 0 Å². The molecule has 0 saturated heterocycles. The van der Waals surface area contributed by atoms with Crippen LogP contribution in [-0.2, 0) is 11.3 Å². The number of alkyl halides is 1. The summed E-state index contributed by atoms with van der Waals surface area (Å²) in [7, 11) is 0. The Balaban J connectivity index is 1.16. The van der Waals surface area contributed by atoms with Gasteiger partial charge in [-0.15, -0.1) is 0 Å². The highest BCUT2D eigenvalue weighted by molar-refractivity contribution is 5.82. The van der Waals surface area contributed by atoms with E-state index in [2.05, 4.69) is 12.0 Å². The number of rotatable bonds is 4. The van der Waals surface area contributed by atoms with Crippen LogP contribution in [0.5, 0.6) is 0 Å². The van der Waals surface area contributed by atoms with E-state index in [-0.39, 0.29) is 17.3 Å². The van der Waals surface area contributed by atoms with Crippen molar-refractivity contribution in [3.05, 3.63) is 18.5 Å². The zero-order valence-corrected chi connectivity index (χ0v) is 18.8. The smallest absolute Gasteiger partial charge is 0.157 e. The van der Waals surface area contributed by atoms with Gasteiger partial charge in [0.05, 0.1) is 12.1 Å². The van der Waals surface area contributed by atoms with Gasteiger partial charge in [-0.1, -0.05) is 6.92 Å². The third-order valence-electron chi connectivity index (χ3n) is 10.7. The number of aromatic nitrogens is 2. The second-order valence-corrected chi connectivity index (χ2v) is 12.0. The molecule has 4 nitrogen and oxygen atoms in total. The Morgan fingerprint density at radius 3 is 2.65 bits per heavy atom. The van der Waals surface area contributed by atoms with Crippen LogP contribution in [0.3, 0.4) is 0 Å². The summed E-state index contributed by atoms with van der Waals surface area (Å²) in [5.41, 5.74) is -0.586. The number of nitrogens with zero attached hydrogens (tertiary/aromatic N) is 2. The van der Waals surface area contributed by atoms with Gasteiger partial charge in [-0.25, -0.2) is 4.39 Å². The number of hydrogen-bond donors (Lipinski definition) is 1. The maximum absolute atomic E-state index is 13.7. The maximum atomic E-state index is 13.7. The molecule has 5 aliphatic rings. The first-order chi connectivity index (χ1) is 14.9. The van der Waals surface area contributed by atoms with E-state index in [1.165, 1.54) is 25.7 Å². The van der Waals surface area contributed by atoms with Crippen LogP contribution in [0.4, 0.5) is 4.39 Å². The summed E-state index contributed by atoms with van der Waals surface area (Å²) in [4.78, 5) is 13.2. The second-order valence-electron chi connectivity index (χ2n) is 12.0. The van der Waals surface area contributed by atoms with Gasteiger partial charge in [-0.3, -0.25) is 9.48 Å². The van der Waals surface area contributed by atoms with E-state index in [9.17, 15) is 14.3 Å². The number of Topliss-reactive ketones (excluding diaryl/α,β-unsaturated/α-hetero) is 1. The number of carbonyl (C=O) groups is 1. The van der Waals surface area contributed by atoms with Gasteiger partial charge in [0.15, 0.2) is 5.78 Å². The molecule has 10 atom stereocenters. The SMILES string of the molecule is CC12CCC3C4CCC(O)(C5CC5F)CC4CCC3C1CCC2C(=O)Cn1cccn1. The first kappa shape index (κ1) is 20.4. The molecule has 5 fully saturated rings. The van der Waals surface area contributed by atoms with Crippen molar-refractivity contribution in [2.75, 3.05) is 0 Å². The van der Waals surface area contributed by atoms with Gasteiger partial charge >= 0.3 is 0 Å². The molecule has 0 bridgehead atoms. The van der Waals surface area contributed by atoms with Crippen molar-refractivity contribution in [1.82, 2.24) is 9.78 Å². The third kappa shape index (κ3) is 3.16. The quantitative estimate of drug-likeness (QED) is 0.749. The Labute approximate surface area is 185 Å². The monoisotopic (exact) mass is 428 g/mol. The fraction of sp³-hybridized carbons (Fsp3) is 0.846. The van der Waals surface area contributed by atoms with E-state index in [1.54, 1.807) is 10.9 Å². The van der Waals surface area contributed by atoms with Crippen molar-refractivity contribution in [2.45, 2.75) is 89.4 Å². The normalized spacial score (nSPS) is 50.9. The van der Waals surface area contributed by atoms with Crippen LogP contribution >= 0.6 is 0 Å². The number of ketones is 1. The summed E-state index contributed by atoms with van der Waals surface area (Å²) in [6.07, 6.45) is 13.2. The van der Waals surface area contributed by atoms with Crippen LogP contribution in [0.15, 0.2) is 18.5 Å². The molecular weight excluding hydrogens is 391 g/mol. The molecular formula is C26H37FN2O2. The fourth-order valence-electron chi connectivity index (χ4n) is 9.16. The highest BCUT2D eigenvalue weighted by Crippen LogP contribution is 2.65. The number of aliphatic hydroxyl groups is 1. The molecule has 6 rings (SSSR count). The number of halogens is 1. The third-order valence-corrected chi connectivity index (χ3v) is 10.7. The van der Waals surface area contributed by atoms with Crippen LogP contribution in [0.25, 0.3) is 0 Å². The van der Waals surface area contributed by atoms with Gasteiger partial charge in [-0.2, -0.15) is 5.10 Å². The van der Waals surface area contributed by atoms with Crippen LogP contribution in [0, 0.1) is 46.8 Å². The lowest BCUT2D eigenvalue weighted by molar-refractivity contribution is -0.134. The van der Waals surface area contributed by atoms with E-state index in [4.69, 9.17) is 0 Å². The minimum Gasteiger partial charge on any atom is -0.389 e. The number of hydrogen-bond acceptors (Lipinski definition) is 3. The van der Waals surface area contributed by atoms with Gasteiger partial charge in [-0.05, 0) is 105 Å². The first-order valence-electron chi connectivity index (χ1n) is 12.8. The highest BCUT2D eigenvalue weighted by atomic mass is 19.1. The number of carbonyl (C=O) groups excluding carboxylic acids is 1.